The van der Waals surface area contributed by atoms with Gasteiger partial charge in [0.2, 0.25) is 5.91 Å². The average molecular weight is 302 g/mol. The molecular formula is C14H17F3N2O2. The maximum Gasteiger partial charge on any atom is 0.416 e. The Labute approximate surface area is 120 Å². The van der Waals surface area contributed by atoms with Crippen molar-refractivity contribution in [3.05, 3.63) is 35.4 Å². The van der Waals surface area contributed by atoms with E-state index in [1.54, 1.807) is 11.0 Å². The first-order chi connectivity index (χ1) is 9.91. The van der Waals surface area contributed by atoms with Crippen molar-refractivity contribution in [1.82, 2.24) is 10.2 Å². The molecule has 1 aromatic rings. The summed E-state index contributed by atoms with van der Waals surface area (Å²) in [4.78, 5) is 13.2. The van der Waals surface area contributed by atoms with Gasteiger partial charge in [-0.3, -0.25) is 9.69 Å². The molecule has 21 heavy (non-hydrogen) atoms. The number of ether oxygens (including phenoxy) is 1. The van der Waals surface area contributed by atoms with Gasteiger partial charge in [0.15, 0.2) is 0 Å². The van der Waals surface area contributed by atoms with Crippen LogP contribution in [0.15, 0.2) is 24.3 Å². The number of rotatable bonds is 3. The van der Waals surface area contributed by atoms with Crippen molar-refractivity contribution in [2.75, 3.05) is 33.3 Å². The van der Waals surface area contributed by atoms with Crippen LogP contribution < -0.4 is 5.32 Å². The van der Waals surface area contributed by atoms with Crippen LogP contribution in [0.25, 0.3) is 0 Å². The Balaban J connectivity index is 2.17. The van der Waals surface area contributed by atoms with Crippen molar-refractivity contribution in [3.8, 4) is 0 Å². The number of hydrogen-bond acceptors (Lipinski definition) is 3. The highest BCUT2D eigenvalue weighted by molar-refractivity contribution is 5.77. The van der Waals surface area contributed by atoms with Crippen LogP contribution >= 0.6 is 0 Å². The molecule has 1 aliphatic rings. The molecular weight excluding hydrogens is 285 g/mol. The lowest BCUT2D eigenvalue weighted by molar-refractivity contribution is -0.141. The van der Waals surface area contributed by atoms with Crippen molar-refractivity contribution in [3.63, 3.8) is 0 Å². The molecule has 1 atom stereocenters. The van der Waals surface area contributed by atoms with Crippen LogP contribution in [0.1, 0.15) is 17.2 Å². The molecule has 0 aliphatic carbocycles. The molecule has 4 nitrogen and oxygen atoms in total. The predicted octanol–water partition coefficient (Wildman–Crippen LogP) is 1.82. The first kappa shape index (κ1) is 15.8. The van der Waals surface area contributed by atoms with E-state index in [2.05, 4.69) is 5.32 Å². The molecule has 0 saturated carbocycles. The van der Waals surface area contributed by atoms with Crippen LogP contribution in [0.5, 0.6) is 0 Å². The highest BCUT2D eigenvalue weighted by Crippen LogP contribution is 2.36. The molecule has 116 valence electrons. The summed E-state index contributed by atoms with van der Waals surface area (Å²) in [5.41, 5.74) is -0.566. The Bertz CT molecular complexity index is 505. The van der Waals surface area contributed by atoms with E-state index in [1.807, 2.05) is 0 Å². The number of nitrogens with one attached hydrogen (secondary N) is 1. The third-order valence-corrected chi connectivity index (χ3v) is 3.41. The monoisotopic (exact) mass is 302 g/mol. The van der Waals surface area contributed by atoms with Crippen LogP contribution in [0.2, 0.25) is 0 Å². The number of carbonyl (C=O) groups excluding carboxylic acids is 1. The standard InChI is InChI=1S/C14H17F3N2O2/c1-18-13(20)9-19-6-7-21-12(8-19)10-4-2-3-5-11(10)14(15,16)17/h2-5,12H,6-9H2,1H3,(H,18,20). The second-order valence-electron chi connectivity index (χ2n) is 4.85. The molecule has 1 heterocycles. The largest absolute Gasteiger partial charge is 0.416 e. The molecule has 7 heteroatoms. The van der Waals surface area contributed by atoms with Gasteiger partial charge >= 0.3 is 6.18 Å². The van der Waals surface area contributed by atoms with Crippen molar-refractivity contribution in [2.24, 2.45) is 0 Å². The average Bonchev–Trinajstić information content (AvgIpc) is 2.46. The predicted molar refractivity (Wildman–Crippen MR) is 70.6 cm³/mol. The summed E-state index contributed by atoms with van der Waals surface area (Å²) >= 11 is 0. The zero-order valence-electron chi connectivity index (χ0n) is 11.6. The lowest BCUT2D eigenvalue weighted by atomic mass is 10.0. The summed E-state index contributed by atoms with van der Waals surface area (Å²) in [6, 6.07) is 5.40. The minimum Gasteiger partial charge on any atom is -0.371 e. The van der Waals surface area contributed by atoms with Gasteiger partial charge in [0, 0.05) is 20.1 Å². The third-order valence-electron chi connectivity index (χ3n) is 3.41. The summed E-state index contributed by atoms with van der Waals surface area (Å²) in [5.74, 6) is -0.167. The smallest absolute Gasteiger partial charge is 0.371 e. The number of alkyl halides is 3. The van der Waals surface area contributed by atoms with Crippen LogP contribution in [-0.2, 0) is 15.7 Å². The molecule has 0 radical (unpaired) electrons. The zero-order valence-corrected chi connectivity index (χ0v) is 11.6. The molecule has 1 unspecified atom stereocenters. The van der Waals surface area contributed by atoms with E-state index in [0.29, 0.717) is 13.2 Å². The number of amides is 1. The summed E-state index contributed by atoms with van der Waals surface area (Å²) in [7, 11) is 1.53. The molecule has 1 N–H and O–H groups in total. The van der Waals surface area contributed by atoms with Crippen molar-refractivity contribution >= 4 is 5.91 Å². The second-order valence-corrected chi connectivity index (χ2v) is 4.85. The van der Waals surface area contributed by atoms with Gasteiger partial charge < -0.3 is 10.1 Å². The molecule has 1 fully saturated rings. The van der Waals surface area contributed by atoms with Crippen LogP contribution in [-0.4, -0.2) is 44.1 Å². The summed E-state index contributed by atoms with van der Waals surface area (Å²) in [5, 5.41) is 2.50. The maximum atomic E-state index is 13.0. The Kier molecular flexibility index (Phi) is 4.84. The normalized spacial score (nSPS) is 20.3. The van der Waals surface area contributed by atoms with E-state index in [1.165, 1.54) is 19.2 Å². The molecule has 0 aromatic heterocycles. The van der Waals surface area contributed by atoms with E-state index >= 15 is 0 Å². The molecule has 0 bridgehead atoms. The highest BCUT2D eigenvalue weighted by atomic mass is 19.4. The van der Waals surface area contributed by atoms with E-state index in [9.17, 15) is 18.0 Å². The van der Waals surface area contributed by atoms with Gasteiger partial charge in [0.05, 0.1) is 24.8 Å². The van der Waals surface area contributed by atoms with Crippen molar-refractivity contribution in [1.29, 1.82) is 0 Å². The minimum atomic E-state index is -4.41. The van der Waals surface area contributed by atoms with E-state index in [0.717, 1.165) is 6.07 Å². The molecule has 1 aromatic carbocycles. The summed E-state index contributed by atoms with van der Waals surface area (Å²) < 4.78 is 44.6. The second kappa shape index (κ2) is 6.44. The third kappa shape index (κ3) is 3.95. The minimum absolute atomic E-state index is 0.117. The first-order valence-corrected chi connectivity index (χ1v) is 6.62. The van der Waals surface area contributed by atoms with Gasteiger partial charge in [0.1, 0.15) is 0 Å². The zero-order chi connectivity index (χ0) is 15.5. The number of halogens is 3. The van der Waals surface area contributed by atoms with Gasteiger partial charge in [-0.1, -0.05) is 18.2 Å². The number of hydrogen-bond donors (Lipinski definition) is 1. The Morgan fingerprint density at radius 1 is 1.43 bits per heavy atom. The Morgan fingerprint density at radius 3 is 2.81 bits per heavy atom. The van der Waals surface area contributed by atoms with Gasteiger partial charge in [-0.2, -0.15) is 13.2 Å². The molecule has 1 aliphatic heterocycles. The highest BCUT2D eigenvalue weighted by Gasteiger charge is 2.36. The fourth-order valence-corrected chi connectivity index (χ4v) is 2.35. The number of nitrogens with zero attached hydrogens (tertiary/aromatic N) is 1. The molecule has 1 saturated heterocycles. The molecule has 2 rings (SSSR count). The van der Waals surface area contributed by atoms with Crippen LogP contribution in [0.4, 0.5) is 13.2 Å². The molecule has 1 amide bonds. The SMILES string of the molecule is CNC(=O)CN1CCOC(c2ccccc2C(F)(F)F)C1. The fraction of sp³-hybridized carbons (Fsp3) is 0.500. The van der Waals surface area contributed by atoms with E-state index in [-0.39, 0.29) is 24.6 Å². The number of likely N-dealkylation sites (N-methyl/N-ethyl adjacent to an activating group) is 1. The van der Waals surface area contributed by atoms with E-state index < -0.39 is 17.8 Å². The number of benzene rings is 1. The van der Waals surface area contributed by atoms with Gasteiger partial charge in [-0.15, -0.1) is 0 Å². The summed E-state index contributed by atoms with van der Waals surface area (Å²) in [6.45, 7) is 1.25. The maximum absolute atomic E-state index is 13.0. The number of carbonyl (C=O) groups is 1. The summed E-state index contributed by atoms with van der Waals surface area (Å²) in [6.07, 6.45) is -5.09. The lowest BCUT2D eigenvalue weighted by Crippen LogP contribution is -2.43. The number of morpholine rings is 1. The van der Waals surface area contributed by atoms with Crippen molar-refractivity contribution < 1.29 is 22.7 Å². The first-order valence-electron chi connectivity index (χ1n) is 6.62. The van der Waals surface area contributed by atoms with Crippen LogP contribution in [0.3, 0.4) is 0 Å². The van der Waals surface area contributed by atoms with E-state index in [4.69, 9.17) is 4.74 Å². The van der Waals surface area contributed by atoms with Crippen molar-refractivity contribution in [2.45, 2.75) is 12.3 Å². The Hall–Kier alpha value is -1.60. The molecule has 0 spiro atoms. The lowest BCUT2D eigenvalue weighted by Gasteiger charge is -2.33. The Morgan fingerprint density at radius 2 is 2.14 bits per heavy atom. The van der Waals surface area contributed by atoms with Gasteiger partial charge in [-0.05, 0) is 11.6 Å². The fourth-order valence-electron chi connectivity index (χ4n) is 2.35. The quantitative estimate of drug-likeness (QED) is 0.926. The van der Waals surface area contributed by atoms with Gasteiger partial charge in [-0.25, -0.2) is 0 Å². The van der Waals surface area contributed by atoms with Gasteiger partial charge in [0.25, 0.3) is 0 Å². The topological polar surface area (TPSA) is 41.6 Å². The van der Waals surface area contributed by atoms with Crippen LogP contribution in [0, 0.1) is 0 Å².